The first kappa shape index (κ1) is 31.8. The number of hydrogen-bond donors (Lipinski definition) is 0. The van der Waals surface area contributed by atoms with Gasteiger partial charge in [0.1, 0.15) is 23.0 Å². The predicted molar refractivity (Wildman–Crippen MR) is 187 cm³/mol. The third kappa shape index (κ3) is 4.16. The van der Waals surface area contributed by atoms with E-state index in [0.29, 0.717) is 51.0 Å². The van der Waals surface area contributed by atoms with Crippen molar-refractivity contribution in [1.29, 1.82) is 0 Å². The number of imide groups is 1. The van der Waals surface area contributed by atoms with Gasteiger partial charge in [-0.15, -0.1) is 0 Å². The third-order valence-electron chi connectivity index (χ3n) is 10.6. The van der Waals surface area contributed by atoms with Gasteiger partial charge in [0, 0.05) is 0 Å². The summed E-state index contributed by atoms with van der Waals surface area (Å²) >= 11 is 0. The molecule has 2 bridgehead atoms. The minimum atomic E-state index is -1.73. The minimum absolute atomic E-state index is 0.353. The molecular weight excluding hydrogens is 651 g/mol. The number of carbonyl (C=O) groups excluding carboxylic acids is 3. The van der Waals surface area contributed by atoms with Gasteiger partial charge in [0.15, 0.2) is 5.78 Å². The van der Waals surface area contributed by atoms with Crippen LogP contribution in [0.3, 0.4) is 0 Å². The number of allylic oxidation sites excluding steroid dienone is 2. The largest absolute Gasteiger partial charge is 0.497 e. The maximum absolute atomic E-state index is 16.0. The zero-order valence-electron chi connectivity index (χ0n) is 27.4. The van der Waals surface area contributed by atoms with Crippen molar-refractivity contribution in [3.8, 4) is 11.5 Å². The van der Waals surface area contributed by atoms with Crippen LogP contribution in [0, 0.1) is 27.8 Å². The lowest BCUT2D eigenvalue weighted by atomic mass is 9.59. The molecule has 8 rings (SSSR count). The molecule has 252 valence electrons. The van der Waals surface area contributed by atoms with E-state index in [9.17, 15) is 14.5 Å². The molecule has 3 aliphatic rings. The molecule has 2 aliphatic carbocycles. The Balaban J connectivity index is 1.54. The molecular formula is C41H29FN2O7. The Morgan fingerprint density at radius 2 is 1.08 bits per heavy atom. The van der Waals surface area contributed by atoms with E-state index in [2.05, 4.69) is 0 Å². The van der Waals surface area contributed by atoms with Crippen molar-refractivity contribution in [2.24, 2.45) is 11.8 Å². The number of fused-ring (bicyclic) bond motifs is 5. The summed E-state index contributed by atoms with van der Waals surface area (Å²) in [7, 11) is 3.09. The Morgan fingerprint density at radius 3 is 1.47 bits per heavy atom. The van der Waals surface area contributed by atoms with Crippen LogP contribution in [0.2, 0.25) is 0 Å². The van der Waals surface area contributed by atoms with E-state index < -0.39 is 50.9 Å². The summed E-state index contributed by atoms with van der Waals surface area (Å²) in [4.78, 5) is 58.5. The monoisotopic (exact) mass is 680 g/mol. The normalized spacial score (nSPS) is 23.5. The quantitative estimate of drug-likeness (QED) is 0.0991. The van der Waals surface area contributed by atoms with Crippen molar-refractivity contribution < 1.29 is 33.2 Å². The van der Waals surface area contributed by atoms with Crippen LogP contribution in [0.15, 0.2) is 127 Å². The van der Waals surface area contributed by atoms with Crippen molar-refractivity contribution in [2.75, 3.05) is 19.1 Å². The Hall–Kier alpha value is -6.42. The highest BCUT2D eigenvalue weighted by atomic mass is 19.1. The Bertz CT molecular complexity index is 2160. The molecule has 0 spiro atoms. The fourth-order valence-electron chi connectivity index (χ4n) is 8.71. The Morgan fingerprint density at radius 1 is 0.647 bits per heavy atom. The summed E-state index contributed by atoms with van der Waals surface area (Å²) in [6, 6.07) is 34.9. The zero-order chi connectivity index (χ0) is 35.7. The van der Waals surface area contributed by atoms with Gasteiger partial charge in [-0.1, -0.05) is 84.9 Å². The second-order valence-corrected chi connectivity index (χ2v) is 12.7. The molecule has 1 saturated carbocycles. The smallest absolute Gasteiger partial charge is 0.296 e. The van der Waals surface area contributed by atoms with Gasteiger partial charge in [0.2, 0.25) is 11.8 Å². The van der Waals surface area contributed by atoms with Crippen molar-refractivity contribution in [1.82, 2.24) is 0 Å². The number of rotatable bonds is 8. The standard InChI is InChI=1S/C41H29FN2O7/c1-50-29-18-13-24(14-19-29)33-34(25-15-20-30(51-2)21-16-25)41(27-11-7-4-8-12-27)36-35(40(33,39(41)47)26-9-5-3-6-10-26)37(45)43(38(36)46)31-22-17-28(42)23-32(31)44(48)49/h3-23,35-36H,1-2H3/t35-,36-,40+,41+/m0/s1. The number of nitro groups is 1. The lowest BCUT2D eigenvalue weighted by Crippen LogP contribution is -2.45. The number of amides is 2. The van der Waals surface area contributed by atoms with Crippen molar-refractivity contribution in [2.45, 2.75) is 10.8 Å². The maximum Gasteiger partial charge on any atom is 0.296 e. The first-order valence-electron chi connectivity index (χ1n) is 16.2. The molecule has 2 amide bonds. The number of nitrogens with zero attached hydrogens (tertiary/aromatic N) is 2. The molecule has 9 nitrogen and oxygen atoms in total. The number of ketones is 1. The number of nitro benzene ring substituents is 1. The number of halogens is 1. The number of methoxy groups -OCH3 is 2. The van der Waals surface area contributed by atoms with Crippen LogP contribution >= 0.6 is 0 Å². The topological polar surface area (TPSA) is 116 Å². The Labute approximate surface area is 291 Å². The van der Waals surface area contributed by atoms with Gasteiger partial charge in [0.05, 0.1) is 47.9 Å². The number of carbonyl (C=O) groups is 3. The molecule has 2 fully saturated rings. The molecule has 5 aromatic rings. The van der Waals surface area contributed by atoms with Crippen LogP contribution < -0.4 is 14.4 Å². The number of ether oxygens (including phenoxy) is 2. The van der Waals surface area contributed by atoms with Crippen molar-refractivity contribution in [3.63, 3.8) is 0 Å². The number of benzene rings is 5. The molecule has 4 atom stereocenters. The number of Topliss-reactive ketones (excluding diaryl/α,β-unsaturated/α-hetero) is 1. The van der Waals surface area contributed by atoms with Gasteiger partial charge in [-0.2, -0.15) is 0 Å². The van der Waals surface area contributed by atoms with E-state index in [1.165, 1.54) is 0 Å². The van der Waals surface area contributed by atoms with E-state index in [4.69, 9.17) is 9.47 Å². The van der Waals surface area contributed by atoms with Crippen LogP contribution in [0.5, 0.6) is 11.5 Å². The second-order valence-electron chi connectivity index (χ2n) is 12.7. The molecule has 10 heteroatoms. The number of anilines is 1. The van der Waals surface area contributed by atoms with Crippen LogP contribution in [0.1, 0.15) is 22.3 Å². The summed E-state index contributed by atoms with van der Waals surface area (Å²) in [5, 5.41) is 12.2. The highest BCUT2D eigenvalue weighted by molar-refractivity contribution is 6.39. The fraction of sp³-hybridized carbons (Fsp3) is 0.146. The van der Waals surface area contributed by atoms with E-state index in [0.717, 1.165) is 17.0 Å². The van der Waals surface area contributed by atoms with Crippen LogP contribution in [0.4, 0.5) is 15.8 Å². The SMILES string of the molecule is COc1ccc(C2=C(c3ccc(OC)cc3)[C@@]3(c4ccccc4)C(=O)[C@@]2(c2ccccc2)[C@@H]2C(=O)N(c4ccc(F)cc4[N+](=O)[O-])C(=O)[C@H]23)cc1. The lowest BCUT2D eigenvalue weighted by Gasteiger charge is -2.39. The van der Waals surface area contributed by atoms with Crippen LogP contribution in [-0.2, 0) is 25.2 Å². The average molecular weight is 681 g/mol. The zero-order valence-corrected chi connectivity index (χ0v) is 27.4. The summed E-state index contributed by atoms with van der Waals surface area (Å²) in [6.45, 7) is 0. The molecule has 0 aromatic heterocycles. The molecule has 5 aromatic carbocycles. The first-order valence-corrected chi connectivity index (χ1v) is 16.2. The molecule has 1 heterocycles. The molecule has 0 unspecified atom stereocenters. The first-order chi connectivity index (χ1) is 24.7. The van der Waals surface area contributed by atoms with E-state index in [1.54, 1.807) is 99.1 Å². The van der Waals surface area contributed by atoms with Gasteiger partial charge in [-0.05, 0) is 69.8 Å². The van der Waals surface area contributed by atoms with Gasteiger partial charge < -0.3 is 9.47 Å². The van der Waals surface area contributed by atoms with E-state index in [-0.39, 0.29) is 11.5 Å². The number of hydrogen-bond acceptors (Lipinski definition) is 7. The van der Waals surface area contributed by atoms with E-state index in [1.807, 2.05) is 24.3 Å². The summed E-state index contributed by atoms with van der Waals surface area (Å²) in [5.74, 6) is -4.30. The van der Waals surface area contributed by atoms with Crippen molar-refractivity contribution in [3.05, 3.63) is 166 Å². The summed E-state index contributed by atoms with van der Waals surface area (Å²) in [6.07, 6.45) is 0. The lowest BCUT2D eigenvalue weighted by molar-refractivity contribution is -0.384. The molecule has 0 N–H and O–H groups in total. The summed E-state index contributed by atoms with van der Waals surface area (Å²) in [5.41, 5.74) is -1.26. The Kier molecular flexibility index (Phi) is 7.23. The van der Waals surface area contributed by atoms with Crippen LogP contribution in [0.25, 0.3) is 11.1 Å². The predicted octanol–water partition coefficient (Wildman–Crippen LogP) is 6.94. The summed E-state index contributed by atoms with van der Waals surface area (Å²) < 4.78 is 25.3. The van der Waals surface area contributed by atoms with Crippen LogP contribution in [-0.4, -0.2) is 36.7 Å². The van der Waals surface area contributed by atoms with Crippen molar-refractivity contribution >= 4 is 40.1 Å². The van der Waals surface area contributed by atoms with Gasteiger partial charge in [-0.25, -0.2) is 9.29 Å². The molecule has 1 aliphatic heterocycles. The van der Waals surface area contributed by atoms with Gasteiger partial charge in [0.25, 0.3) is 5.69 Å². The third-order valence-corrected chi connectivity index (χ3v) is 10.6. The fourth-order valence-corrected chi connectivity index (χ4v) is 8.71. The van der Waals surface area contributed by atoms with Gasteiger partial charge in [-0.3, -0.25) is 24.5 Å². The second kappa shape index (κ2) is 11.6. The molecule has 1 saturated heterocycles. The van der Waals surface area contributed by atoms with E-state index >= 15 is 14.4 Å². The highest BCUT2D eigenvalue weighted by Gasteiger charge is 2.83. The highest BCUT2D eigenvalue weighted by Crippen LogP contribution is 2.74. The molecule has 51 heavy (non-hydrogen) atoms. The minimum Gasteiger partial charge on any atom is -0.497 e. The average Bonchev–Trinajstić information content (AvgIpc) is 3.67. The maximum atomic E-state index is 16.0. The van der Waals surface area contributed by atoms with Gasteiger partial charge >= 0.3 is 0 Å². The molecule has 0 radical (unpaired) electrons.